The molecule has 10 heteroatoms. The van der Waals surface area contributed by atoms with Crippen LogP contribution in [0, 0.1) is 5.82 Å². The lowest BCUT2D eigenvalue weighted by Gasteiger charge is -2.32. The number of nitrogens with zero attached hydrogens (tertiary/aromatic N) is 2. The number of halogens is 2. The minimum absolute atomic E-state index is 0.0241. The minimum Gasteiger partial charge on any atom is -0.352 e. The third kappa shape index (κ3) is 7.33. The number of amides is 2. The summed E-state index contributed by atoms with van der Waals surface area (Å²) in [6.45, 7) is 4.84. The zero-order valence-corrected chi connectivity index (χ0v) is 23.0. The van der Waals surface area contributed by atoms with Gasteiger partial charge in [-0.2, -0.15) is 0 Å². The molecule has 3 aromatic carbocycles. The van der Waals surface area contributed by atoms with Crippen LogP contribution in [-0.2, 0) is 26.2 Å². The molecule has 0 saturated heterocycles. The Bertz CT molecular complexity index is 1340. The van der Waals surface area contributed by atoms with E-state index in [0.717, 1.165) is 16.4 Å². The van der Waals surface area contributed by atoms with Crippen molar-refractivity contribution in [2.45, 2.75) is 50.7 Å². The standard InChI is InChI=1S/C28H31ClFN3O4S/c1-4-20(2)31-28(35)21(3)32(18-22-10-12-23(29)13-11-22)27(34)19-33(25-16-14-24(30)15-17-25)38(36,37)26-8-6-5-7-9-26/h5-17,20-21H,4,18-19H2,1-3H3,(H,31,35)/t20-,21+/m1/s1. The summed E-state index contributed by atoms with van der Waals surface area (Å²) in [5.41, 5.74) is 0.831. The highest BCUT2D eigenvalue weighted by atomic mass is 35.5. The molecule has 0 unspecified atom stereocenters. The van der Waals surface area contributed by atoms with E-state index in [-0.39, 0.29) is 29.1 Å². The van der Waals surface area contributed by atoms with E-state index in [2.05, 4.69) is 5.32 Å². The fraction of sp³-hybridized carbons (Fsp3) is 0.286. The summed E-state index contributed by atoms with van der Waals surface area (Å²) in [6, 6.07) is 18.3. The SMILES string of the molecule is CC[C@@H](C)NC(=O)[C@H](C)N(Cc1ccc(Cl)cc1)C(=O)CN(c1ccc(F)cc1)S(=O)(=O)c1ccccc1. The zero-order valence-electron chi connectivity index (χ0n) is 21.5. The third-order valence-electron chi connectivity index (χ3n) is 6.16. The molecular weight excluding hydrogens is 529 g/mol. The van der Waals surface area contributed by atoms with Gasteiger partial charge in [-0.25, -0.2) is 12.8 Å². The number of benzene rings is 3. The van der Waals surface area contributed by atoms with Crippen molar-refractivity contribution in [3.05, 3.63) is 95.3 Å². The molecular formula is C28H31ClFN3O4S. The number of carbonyl (C=O) groups excluding carboxylic acids is 2. The van der Waals surface area contributed by atoms with Crippen molar-refractivity contribution in [2.24, 2.45) is 0 Å². The predicted molar refractivity (Wildman–Crippen MR) is 147 cm³/mol. The van der Waals surface area contributed by atoms with Gasteiger partial charge in [0.15, 0.2) is 0 Å². The van der Waals surface area contributed by atoms with Crippen LogP contribution in [0.2, 0.25) is 5.02 Å². The van der Waals surface area contributed by atoms with Gasteiger partial charge in [0.25, 0.3) is 10.0 Å². The van der Waals surface area contributed by atoms with Crippen LogP contribution in [0.5, 0.6) is 0 Å². The van der Waals surface area contributed by atoms with Crippen molar-refractivity contribution in [3.8, 4) is 0 Å². The summed E-state index contributed by atoms with van der Waals surface area (Å²) in [6.07, 6.45) is 0.706. The maximum atomic E-state index is 13.8. The van der Waals surface area contributed by atoms with Crippen molar-refractivity contribution in [3.63, 3.8) is 0 Å². The highest BCUT2D eigenvalue weighted by Gasteiger charge is 2.32. The van der Waals surface area contributed by atoms with Crippen molar-refractivity contribution in [2.75, 3.05) is 10.8 Å². The maximum absolute atomic E-state index is 13.8. The smallest absolute Gasteiger partial charge is 0.264 e. The first-order valence-electron chi connectivity index (χ1n) is 12.2. The van der Waals surface area contributed by atoms with Crippen LogP contribution in [0.1, 0.15) is 32.8 Å². The summed E-state index contributed by atoms with van der Waals surface area (Å²) >= 11 is 6.01. The van der Waals surface area contributed by atoms with Crippen LogP contribution in [0.25, 0.3) is 0 Å². The van der Waals surface area contributed by atoms with Crippen molar-refractivity contribution >= 4 is 39.1 Å². The molecule has 0 radical (unpaired) electrons. The van der Waals surface area contributed by atoms with Crippen LogP contribution in [0.4, 0.5) is 10.1 Å². The van der Waals surface area contributed by atoms with Crippen molar-refractivity contribution in [1.29, 1.82) is 0 Å². The molecule has 0 spiro atoms. The molecule has 2 amide bonds. The second kappa shape index (κ2) is 12.9. The lowest BCUT2D eigenvalue weighted by molar-refractivity contribution is -0.139. The van der Waals surface area contributed by atoms with Crippen molar-refractivity contribution < 1.29 is 22.4 Å². The molecule has 0 aliphatic carbocycles. The van der Waals surface area contributed by atoms with E-state index in [1.54, 1.807) is 49.4 Å². The van der Waals surface area contributed by atoms with Gasteiger partial charge < -0.3 is 10.2 Å². The monoisotopic (exact) mass is 559 g/mol. The van der Waals surface area contributed by atoms with Gasteiger partial charge in [0.2, 0.25) is 11.8 Å². The summed E-state index contributed by atoms with van der Waals surface area (Å²) in [4.78, 5) is 28.1. The molecule has 0 aromatic heterocycles. The quantitative estimate of drug-likeness (QED) is 0.358. The molecule has 0 saturated carbocycles. The molecule has 0 heterocycles. The Morgan fingerprint density at radius 2 is 1.55 bits per heavy atom. The molecule has 0 bridgehead atoms. The predicted octanol–water partition coefficient (Wildman–Crippen LogP) is 5.01. The topological polar surface area (TPSA) is 86.8 Å². The first-order valence-corrected chi connectivity index (χ1v) is 14.0. The Morgan fingerprint density at radius 3 is 2.13 bits per heavy atom. The van der Waals surface area contributed by atoms with E-state index in [4.69, 9.17) is 11.6 Å². The number of hydrogen-bond acceptors (Lipinski definition) is 4. The van der Waals surface area contributed by atoms with Crippen LogP contribution in [0.15, 0.2) is 83.8 Å². The van der Waals surface area contributed by atoms with Gasteiger partial charge in [0.05, 0.1) is 10.6 Å². The Kier molecular flexibility index (Phi) is 9.88. The van der Waals surface area contributed by atoms with Gasteiger partial charge in [0, 0.05) is 17.6 Å². The van der Waals surface area contributed by atoms with E-state index in [9.17, 15) is 22.4 Å². The number of anilines is 1. The molecule has 7 nitrogen and oxygen atoms in total. The number of carbonyl (C=O) groups is 2. The maximum Gasteiger partial charge on any atom is 0.264 e. The van der Waals surface area contributed by atoms with Gasteiger partial charge in [-0.15, -0.1) is 0 Å². The first-order chi connectivity index (χ1) is 18.0. The summed E-state index contributed by atoms with van der Waals surface area (Å²) in [7, 11) is -4.20. The zero-order chi connectivity index (χ0) is 27.9. The largest absolute Gasteiger partial charge is 0.352 e. The molecule has 1 N–H and O–H groups in total. The van der Waals surface area contributed by atoms with Gasteiger partial charge in [-0.3, -0.25) is 13.9 Å². The second-order valence-corrected chi connectivity index (χ2v) is 11.2. The van der Waals surface area contributed by atoms with Crippen LogP contribution in [-0.4, -0.2) is 43.8 Å². The number of sulfonamides is 1. The van der Waals surface area contributed by atoms with E-state index < -0.39 is 34.3 Å². The lowest BCUT2D eigenvalue weighted by Crippen LogP contribution is -2.52. The Labute approximate surface area is 228 Å². The van der Waals surface area contributed by atoms with E-state index >= 15 is 0 Å². The highest BCUT2D eigenvalue weighted by Crippen LogP contribution is 2.25. The molecule has 38 heavy (non-hydrogen) atoms. The molecule has 0 aliphatic rings. The van der Waals surface area contributed by atoms with Gasteiger partial charge in [-0.05, 0) is 74.4 Å². The fourth-order valence-electron chi connectivity index (χ4n) is 3.69. The Morgan fingerprint density at radius 1 is 0.947 bits per heavy atom. The number of hydrogen-bond donors (Lipinski definition) is 1. The number of rotatable bonds is 11. The average Bonchev–Trinajstić information content (AvgIpc) is 2.91. The summed E-state index contributed by atoms with van der Waals surface area (Å²) in [5.74, 6) is -1.51. The Balaban J connectivity index is 2.00. The average molecular weight is 560 g/mol. The second-order valence-electron chi connectivity index (χ2n) is 8.94. The van der Waals surface area contributed by atoms with Gasteiger partial charge in [-0.1, -0.05) is 48.9 Å². The van der Waals surface area contributed by atoms with Gasteiger partial charge >= 0.3 is 0 Å². The van der Waals surface area contributed by atoms with Crippen molar-refractivity contribution in [1.82, 2.24) is 10.2 Å². The van der Waals surface area contributed by atoms with Crippen LogP contribution >= 0.6 is 11.6 Å². The molecule has 0 fully saturated rings. The first kappa shape index (κ1) is 29.1. The van der Waals surface area contributed by atoms with Gasteiger partial charge in [0.1, 0.15) is 18.4 Å². The fourth-order valence-corrected chi connectivity index (χ4v) is 5.25. The molecule has 0 aliphatic heterocycles. The molecule has 3 aromatic rings. The Hall–Kier alpha value is -3.43. The van der Waals surface area contributed by atoms with E-state index in [1.165, 1.54) is 29.2 Å². The number of nitrogens with one attached hydrogen (secondary N) is 1. The highest BCUT2D eigenvalue weighted by molar-refractivity contribution is 7.92. The molecule has 202 valence electrons. The van der Waals surface area contributed by atoms with E-state index in [0.29, 0.717) is 17.0 Å². The minimum atomic E-state index is -4.20. The third-order valence-corrected chi connectivity index (χ3v) is 8.20. The normalized spacial score (nSPS) is 12.9. The van der Waals surface area contributed by atoms with Crippen LogP contribution in [0.3, 0.4) is 0 Å². The summed E-state index contributed by atoms with van der Waals surface area (Å²) < 4.78 is 41.8. The summed E-state index contributed by atoms with van der Waals surface area (Å²) in [5, 5.41) is 3.40. The van der Waals surface area contributed by atoms with Crippen LogP contribution < -0.4 is 9.62 Å². The lowest BCUT2D eigenvalue weighted by atomic mass is 10.1. The molecule has 2 atom stereocenters. The van der Waals surface area contributed by atoms with E-state index in [1.807, 2.05) is 13.8 Å². The molecule has 3 rings (SSSR count).